The number of nitrogens with two attached hydrogens (primary N) is 1. The average Bonchev–Trinajstić information content (AvgIpc) is 2.47. The third-order valence-corrected chi connectivity index (χ3v) is 2.20. The molecule has 4 nitrogen and oxygen atoms in total. The summed E-state index contributed by atoms with van der Waals surface area (Å²) in [5.41, 5.74) is 6.89. The first kappa shape index (κ1) is 9.02. The Morgan fingerprint density at radius 1 is 1.57 bits per heavy atom. The topological polar surface area (TPSA) is 60.9 Å². The Balaban J connectivity index is 2.85. The molecule has 0 aliphatic carbocycles. The summed E-state index contributed by atoms with van der Waals surface area (Å²) in [6.07, 6.45) is 1.56. The molecule has 0 radical (unpaired) electrons. The van der Waals surface area contributed by atoms with Crippen LogP contribution in [-0.2, 0) is 0 Å². The molecule has 1 heterocycles. The highest BCUT2D eigenvalue weighted by molar-refractivity contribution is 6.31. The first-order chi connectivity index (χ1) is 6.59. The Labute approximate surface area is 85.3 Å². The van der Waals surface area contributed by atoms with E-state index in [4.69, 9.17) is 17.3 Å². The summed E-state index contributed by atoms with van der Waals surface area (Å²) in [7, 11) is 0. The quantitative estimate of drug-likeness (QED) is 0.675. The van der Waals surface area contributed by atoms with Crippen LogP contribution in [0, 0.1) is 0 Å². The molecule has 0 aliphatic rings. The maximum absolute atomic E-state index is 11.2. The molecule has 2 aromatic rings. The molecule has 1 aromatic heterocycles. The number of nitrogens with zero attached hydrogens (tertiary/aromatic N) is 2. The zero-order valence-corrected chi connectivity index (χ0v) is 8.25. The largest absolute Gasteiger partial charge is 0.398 e. The molecule has 14 heavy (non-hydrogen) atoms. The van der Waals surface area contributed by atoms with Crippen LogP contribution in [0.4, 0.5) is 5.69 Å². The smallest absolute Gasteiger partial charge is 0.244 e. The second-order valence-corrected chi connectivity index (χ2v) is 3.44. The van der Waals surface area contributed by atoms with E-state index in [1.165, 1.54) is 11.6 Å². The van der Waals surface area contributed by atoms with Gasteiger partial charge in [0.2, 0.25) is 5.91 Å². The summed E-state index contributed by atoms with van der Waals surface area (Å²) >= 11 is 5.83. The summed E-state index contributed by atoms with van der Waals surface area (Å²) < 4.78 is 1.28. The molecule has 1 aromatic carbocycles. The molecule has 2 N–H and O–H groups in total. The van der Waals surface area contributed by atoms with Gasteiger partial charge >= 0.3 is 0 Å². The van der Waals surface area contributed by atoms with Gasteiger partial charge in [0, 0.05) is 23.0 Å². The predicted molar refractivity (Wildman–Crippen MR) is 55.5 cm³/mol. The summed E-state index contributed by atoms with van der Waals surface area (Å²) in [4.78, 5) is 11.2. The van der Waals surface area contributed by atoms with Gasteiger partial charge in [-0.3, -0.25) is 4.79 Å². The lowest BCUT2D eigenvalue weighted by molar-refractivity contribution is 0.0927. The summed E-state index contributed by atoms with van der Waals surface area (Å²) in [6.45, 7) is 1.43. The lowest BCUT2D eigenvalue weighted by atomic mass is 10.2. The Bertz CT molecular complexity index is 518. The van der Waals surface area contributed by atoms with Gasteiger partial charge in [-0.2, -0.15) is 5.10 Å². The zero-order chi connectivity index (χ0) is 10.3. The summed E-state index contributed by atoms with van der Waals surface area (Å²) in [5, 5.41) is 5.16. The maximum atomic E-state index is 11.2. The molecule has 0 fully saturated rings. The Morgan fingerprint density at radius 2 is 2.29 bits per heavy atom. The van der Waals surface area contributed by atoms with Crippen molar-refractivity contribution in [3.8, 4) is 0 Å². The normalized spacial score (nSPS) is 10.7. The van der Waals surface area contributed by atoms with Crippen molar-refractivity contribution in [2.75, 3.05) is 5.73 Å². The number of benzene rings is 1. The minimum Gasteiger partial charge on any atom is -0.398 e. The van der Waals surface area contributed by atoms with Crippen LogP contribution >= 0.6 is 11.6 Å². The number of carbonyl (C=O) groups excluding carboxylic acids is 1. The molecule has 5 heteroatoms. The SMILES string of the molecule is CC(=O)n1ncc2c(N)cc(Cl)cc21. The number of anilines is 1. The van der Waals surface area contributed by atoms with E-state index < -0.39 is 0 Å². The van der Waals surface area contributed by atoms with Crippen LogP contribution in [0.25, 0.3) is 10.9 Å². The highest BCUT2D eigenvalue weighted by Gasteiger charge is 2.09. The predicted octanol–water partition coefficient (Wildman–Crippen LogP) is 1.93. The van der Waals surface area contributed by atoms with E-state index in [-0.39, 0.29) is 5.91 Å². The molecule has 0 saturated heterocycles. The molecular weight excluding hydrogens is 202 g/mol. The number of hydrogen-bond donors (Lipinski definition) is 1. The van der Waals surface area contributed by atoms with Gasteiger partial charge in [0.1, 0.15) is 0 Å². The van der Waals surface area contributed by atoms with Crippen molar-refractivity contribution in [1.82, 2.24) is 9.78 Å². The van der Waals surface area contributed by atoms with Crippen LogP contribution in [0.5, 0.6) is 0 Å². The van der Waals surface area contributed by atoms with Gasteiger partial charge in [-0.15, -0.1) is 0 Å². The van der Waals surface area contributed by atoms with Crippen molar-refractivity contribution < 1.29 is 4.79 Å². The minimum atomic E-state index is -0.165. The number of fused-ring (bicyclic) bond motifs is 1. The van der Waals surface area contributed by atoms with Crippen LogP contribution in [0.3, 0.4) is 0 Å². The molecular formula is C9H8ClN3O. The van der Waals surface area contributed by atoms with Gasteiger partial charge in [0.15, 0.2) is 0 Å². The molecule has 0 bridgehead atoms. The van der Waals surface area contributed by atoms with Crippen molar-refractivity contribution in [3.05, 3.63) is 23.4 Å². The fourth-order valence-electron chi connectivity index (χ4n) is 1.37. The van der Waals surface area contributed by atoms with Gasteiger partial charge in [-0.05, 0) is 12.1 Å². The van der Waals surface area contributed by atoms with E-state index in [9.17, 15) is 4.79 Å². The molecule has 0 saturated carbocycles. The van der Waals surface area contributed by atoms with Crippen molar-refractivity contribution >= 4 is 34.1 Å². The first-order valence-corrected chi connectivity index (χ1v) is 4.41. The number of hydrogen-bond acceptors (Lipinski definition) is 3. The van der Waals surface area contributed by atoms with E-state index in [1.807, 2.05) is 0 Å². The zero-order valence-electron chi connectivity index (χ0n) is 7.49. The van der Waals surface area contributed by atoms with Gasteiger partial charge in [-0.25, -0.2) is 4.68 Å². The van der Waals surface area contributed by atoms with E-state index in [0.717, 1.165) is 5.39 Å². The summed E-state index contributed by atoms with van der Waals surface area (Å²) in [5.74, 6) is -0.165. The number of halogens is 1. The van der Waals surface area contributed by atoms with Crippen molar-refractivity contribution in [1.29, 1.82) is 0 Å². The van der Waals surface area contributed by atoms with Gasteiger partial charge < -0.3 is 5.73 Å². The summed E-state index contributed by atoms with van der Waals surface area (Å²) in [6, 6.07) is 3.30. The third kappa shape index (κ3) is 1.24. The van der Waals surface area contributed by atoms with E-state index in [2.05, 4.69) is 5.10 Å². The van der Waals surface area contributed by atoms with E-state index >= 15 is 0 Å². The first-order valence-electron chi connectivity index (χ1n) is 4.03. The molecule has 2 rings (SSSR count). The maximum Gasteiger partial charge on any atom is 0.244 e. The van der Waals surface area contributed by atoms with Crippen LogP contribution in [0.2, 0.25) is 5.02 Å². The fraction of sp³-hybridized carbons (Fsp3) is 0.111. The highest BCUT2D eigenvalue weighted by atomic mass is 35.5. The highest BCUT2D eigenvalue weighted by Crippen LogP contribution is 2.25. The standard InChI is InChI=1S/C9H8ClN3O/c1-5(14)13-9-3-6(10)2-8(11)7(9)4-12-13/h2-4H,11H2,1H3. The van der Waals surface area contributed by atoms with Crippen LogP contribution in [0.15, 0.2) is 18.3 Å². The Hall–Kier alpha value is -1.55. The number of rotatable bonds is 0. The van der Waals surface area contributed by atoms with E-state index in [0.29, 0.717) is 16.2 Å². The number of aromatic nitrogens is 2. The lowest BCUT2D eigenvalue weighted by Crippen LogP contribution is -2.06. The van der Waals surface area contributed by atoms with Crippen molar-refractivity contribution in [2.24, 2.45) is 0 Å². The second-order valence-electron chi connectivity index (χ2n) is 3.00. The van der Waals surface area contributed by atoms with Crippen LogP contribution in [-0.4, -0.2) is 15.7 Å². The molecule has 0 atom stereocenters. The van der Waals surface area contributed by atoms with Gasteiger partial charge in [0.25, 0.3) is 0 Å². The second kappa shape index (κ2) is 2.99. The third-order valence-electron chi connectivity index (χ3n) is 1.98. The number of nitrogen functional groups attached to an aromatic ring is 1. The monoisotopic (exact) mass is 209 g/mol. The van der Waals surface area contributed by atoms with Crippen LogP contribution < -0.4 is 5.73 Å². The van der Waals surface area contributed by atoms with Gasteiger partial charge in [0.05, 0.1) is 11.7 Å². The molecule has 0 unspecified atom stereocenters. The molecule has 72 valence electrons. The van der Waals surface area contributed by atoms with Crippen molar-refractivity contribution in [3.63, 3.8) is 0 Å². The van der Waals surface area contributed by atoms with E-state index in [1.54, 1.807) is 18.3 Å². The lowest BCUT2D eigenvalue weighted by Gasteiger charge is -1.99. The van der Waals surface area contributed by atoms with Crippen LogP contribution in [0.1, 0.15) is 11.7 Å². The van der Waals surface area contributed by atoms with Gasteiger partial charge in [-0.1, -0.05) is 11.6 Å². The Kier molecular flexibility index (Phi) is 1.93. The number of carbonyl (C=O) groups is 1. The molecule has 0 aliphatic heterocycles. The Morgan fingerprint density at radius 3 is 2.93 bits per heavy atom. The molecule has 0 amide bonds. The van der Waals surface area contributed by atoms with Crippen molar-refractivity contribution in [2.45, 2.75) is 6.92 Å². The minimum absolute atomic E-state index is 0.165. The molecule has 0 spiro atoms. The average molecular weight is 210 g/mol. The fourth-order valence-corrected chi connectivity index (χ4v) is 1.59.